The number of fused-ring (bicyclic) bond motifs is 1. The van der Waals surface area contributed by atoms with Gasteiger partial charge in [0.1, 0.15) is 0 Å². The summed E-state index contributed by atoms with van der Waals surface area (Å²) in [7, 11) is 1.74. The number of thiazole rings is 1. The Bertz CT molecular complexity index is 742. The Balaban J connectivity index is 2.49. The van der Waals surface area contributed by atoms with Gasteiger partial charge in [0.2, 0.25) is 0 Å². The maximum absolute atomic E-state index is 12.1. The molecular formula is C11H8ClN3OS. The lowest BCUT2D eigenvalue weighted by molar-refractivity contribution is 0.843. The second kappa shape index (κ2) is 3.72. The average molecular weight is 266 g/mol. The molecule has 1 aromatic carbocycles. The Hall–Kier alpha value is -1.59. The van der Waals surface area contributed by atoms with E-state index in [0.717, 1.165) is 11.0 Å². The summed E-state index contributed by atoms with van der Waals surface area (Å²) < 4.78 is 3.17. The Morgan fingerprint density at radius 2 is 2.18 bits per heavy atom. The van der Waals surface area contributed by atoms with Gasteiger partial charge >= 0.3 is 5.69 Å². The van der Waals surface area contributed by atoms with Crippen molar-refractivity contribution in [2.24, 2.45) is 7.05 Å². The van der Waals surface area contributed by atoms with Crippen molar-refractivity contribution < 1.29 is 0 Å². The molecule has 0 saturated heterocycles. The first-order valence-corrected chi connectivity index (χ1v) is 6.21. The van der Waals surface area contributed by atoms with Gasteiger partial charge in [-0.1, -0.05) is 11.6 Å². The van der Waals surface area contributed by atoms with E-state index in [0.29, 0.717) is 10.2 Å². The summed E-state index contributed by atoms with van der Waals surface area (Å²) in [6, 6.07) is 5.39. The second-order valence-corrected chi connectivity index (χ2v) is 4.93. The van der Waals surface area contributed by atoms with E-state index >= 15 is 0 Å². The minimum absolute atomic E-state index is 0.114. The van der Waals surface area contributed by atoms with E-state index in [4.69, 9.17) is 11.6 Å². The van der Waals surface area contributed by atoms with E-state index in [1.165, 1.54) is 11.3 Å². The fraction of sp³-hybridized carbons (Fsp3) is 0.0909. The molecular weight excluding hydrogens is 258 g/mol. The van der Waals surface area contributed by atoms with Crippen LogP contribution in [0.15, 0.2) is 34.6 Å². The molecule has 0 spiro atoms. The van der Waals surface area contributed by atoms with Gasteiger partial charge in [-0.25, -0.2) is 14.3 Å². The lowest BCUT2D eigenvalue weighted by atomic mass is 10.3. The minimum atomic E-state index is -0.114. The fourth-order valence-corrected chi connectivity index (χ4v) is 2.64. The summed E-state index contributed by atoms with van der Waals surface area (Å²) in [6.07, 6.45) is 1.68. The van der Waals surface area contributed by atoms with Crippen molar-refractivity contribution >= 4 is 34.0 Å². The van der Waals surface area contributed by atoms with Crippen molar-refractivity contribution in [3.8, 4) is 5.13 Å². The van der Waals surface area contributed by atoms with Gasteiger partial charge < -0.3 is 0 Å². The third kappa shape index (κ3) is 1.50. The molecule has 3 aromatic rings. The molecule has 6 heteroatoms. The van der Waals surface area contributed by atoms with Gasteiger partial charge in [-0.3, -0.25) is 4.57 Å². The third-order valence-electron chi connectivity index (χ3n) is 2.63. The minimum Gasteiger partial charge on any atom is -0.295 e. The van der Waals surface area contributed by atoms with Gasteiger partial charge in [-0.15, -0.1) is 11.3 Å². The second-order valence-electron chi connectivity index (χ2n) is 3.62. The van der Waals surface area contributed by atoms with Crippen molar-refractivity contribution in [1.82, 2.24) is 14.1 Å². The van der Waals surface area contributed by atoms with Crippen LogP contribution in [0.25, 0.3) is 16.2 Å². The molecule has 17 heavy (non-hydrogen) atoms. The Kier molecular flexibility index (Phi) is 2.31. The molecule has 0 aliphatic carbocycles. The van der Waals surface area contributed by atoms with Crippen LogP contribution in [0, 0.1) is 0 Å². The molecule has 2 heterocycles. The number of hydrogen-bond donors (Lipinski definition) is 0. The van der Waals surface area contributed by atoms with Crippen molar-refractivity contribution in [1.29, 1.82) is 0 Å². The smallest absolute Gasteiger partial charge is 0.295 e. The fourth-order valence-electron chi connectivity index (χ4n) is 1.83. The van der Waals surface area contributed by atoms with Gasteiger partial charge in [0.15, 0.2) is 5.13 Å². The first-order chi connectivity index (χ1) is 8.18. The molecule has 4 nitrogen and oxygen atoms in total. The van der Waals surface area contributed by atoms with Crippen molar-refractivity contribution in [2.75, 3.05) is 0 Å². The van der Waals surface area contributed by atoms with E-state index in [1.807, 2.05) is 11.4 Å². The van der Waals surface area contributed by atoms with Crippen molar-refractivity contribution in [2.45, 2.75) is 0 Å². The van der Waals surface area contributed by atoms with Crippen LogP contribution in [-0.2, 0) is 7.05 Å². The molecule has 0 amide bonds. The molecule has 0 aliphatic rings. The summed E-state index contributed by atoms with van der Waals surface area (Å²) in [5.41, 5.74) is 1.51. The number of aromatic nitrogens is 3. The van der Waals surface area contributed by atoms with E-state index in [1.54, 1.807) is 34.5 Å². The Morgan fingerprint density at radius 3 is 2.88 bits per heavy atom. The van der Waals surface area contributed by atoms with Crippen LogP contribution in [0.3, 0.4) is 0 Å². The Morgan fingerprint density at radius 1 is 1.35 bits per heavy atom. The molecule has 2 aromatic heterocycles. The van der Waals surface area contributed by atoms with E-state index in [9.17, 15) is 4.79 Å². The zero-order chi connectivity index (χ0) is 12.0. The summed E-state index contributed by atoms with van der Waals surface area (Å²) >= 11 is 7.39. The SMILES string of the molecule is Cn1c(=O)n(-c2nccs2)c2cc(Cl)ccc21. The molecule has 0 aliphatic heterocycles. The summed E-state index contributed by atoms with van der Waals surface area (Å²) in [5, 5.41) is 3.10. The maximum Gasteiger partial charge on any atom is 0.335 e. The molecule has 0 saturated carbocycles. The number of hydrogen-bond acceptors (Lipinski definition) is 3. The predicted molar refractivity (Wildman–Crippen MR) is 69.2 cm³/mol. The topological polar surface area (TPSA) is 39.8 Å². The molecule has 0 atom stereocenters. The standard InChI is InChI=1S/C11H8ClN3OS/c1-14-8-3-2-7(12)6-9(8)15(11(14)16)10-13-4-5-17-10/h2-6H,1H3. The quantitative estimate of drug-likeness (QED) is 0.678. The first-order valence-electron chi connectivity index (χ1n) is 4.95. The van der Waals surface area contributed by atoms with Crippen LogP contribution in [0.5, 0.6) is 0 Å². The third-order valence-corrected chi connectivity index (χ3v) is 3.62. The van der Waals surface area contributed by atoms with E-state index in [-0.39, 0.29) is 5.69 Å². The lowest BCUT2D eigenvalue weighted by Gasteiger charge is -1.97. The number of halogens is 1. The highest BCUT2D eigenvalue weighted by Gasteiger charge is 2.13. The van der Waals surface area contributed by atoms with Gasteiger partial charge in [0.05, 0.1) is 11.0 Å². The molecule has 0 N–H and O–H groups in total. The zero-order valence-electron chi connectivity index (χ0n) is 8.92. The molecule has 0 bridgehead atoms. The monoisotopic (exact) mass is 265 g/mol. The lowest BCUT2D eigenvalue weighted by Crippen LogP contribution is -2.20. The largest absolute Gasteiger partial charge is 0.335 e. The predicted octanol–water partition coefficient (Wildman–Crippen LogP) is 2.44. The van der Waals surface area contributed by atoms with Gasteiger partial charge in [0, 0.05) is 23.6 Å². The van der Waals surface area contributed by atoms with Gasteiger partial charge in [-0.05, 0) is 18.2 Å². The van der Waals surface area contributed by atoms with Gasteiger partial charge in [-0.2, -0.15) is 0 Å². The number of nitrogens with zero attached hydrogens (tertiary/aromatic N) is 3. The van der Waals surface area contributed by atoms with Gasteiger partial charge in [0.25, 0.3) is 0 Å². The highest BCUT2D eigenvalue weighted by atomic mass is 35.5. The number of benzene rings is 1. The number of imidazole rings is 1. The summed E-state index contributed by atoms with van der Waals surface area (Å²) in [5.74, 6) is 0. The average Bonchev–Trinajstić information content (AvgIpc) is 2.88. The van der Waals surface area contributed by atoms with E-state index in [2.05, 4.69) is 4.98 Å². The molecule has 0 fully saturated rings. The number of rotatable bonds is 1. The van der Waals surface area contributed by atoms with Crippen LogP contribution >= 0.6 is 22.9 Å². The molecule has 3 rings (SSSR count). The summed E-state index contributed by atoms with van der Waals surface area (Å²) in [6.45, 7) is 0. The van der Waals surface area contributed by atoms with Crippen LogP contribution in [0.2, 0.25) is 5.02 Å². The molecule has 86 valence electrons. The normalized spacial score (nSPS) is 11.2. The maximum atomic E-state index is 12.1. The molecule has 0 radical (unpaired) electrons. The van der Waals surface area contributed by atoms with Crippen LogP contribution in [-0.4, -0.2) is 14.1 Å². The zero-order valence-corrected chi connectivity index (χ0v) is 10.5. The number of aryl methyl sites for hydroxylation is 1. The Labute approximate surface area is 106 Å². The molecule has 0 unspecified atom stereocenters. The highest BCUT2D eigenvalue weighted by molar-refractivity contribution is 7.12. The van der Waals surface area contributed by atoms with Crippen LogP contribution < -0.4 is 5.69 Å². The van der Waals surface area contributed by atoms with Crippen molar-refractivity contribution in [3.63, 3.8) is 0 Å². The summed E-state index contributed by atoms with van der Waals surface area (Å²) in [4.78, 5) is 16.3. The first kappa shape index (κ1) is 10.6. The van der Waals surface area contributed by atoms with Crippen LogP contribution in [0.4, 0.5) is 0 Å². The van der Waals surface area contributed by atoms with Crippen molar-refractivity contribution in [3.05, 3.63) is 45.3 Å². The van der Waals surface area contributed by atoms with Crippen LogP contribution in [0.1, 0.15) is 0 Å². The van der Waals surface area contributed by atoms with E-state index < -0.39 is 0 Å². The highest BCUT2D eigenvalue weighted by Crippen LogP contribution is 2.21.